The minimum atomic E-state index is 0.0247. The molecule has 5 heteroatoms. The number of hydrogen-bond donors (Lipinski definition) is 3. The van der Waals surface area contributed by atoms with Gasteiger partial charge in [0.15, 0.2) is 0 Å². The van der Waals surface area contributed by atoms with Crippen LogP contribution in [-0.4, -0.2) is 43.5 Å². The van der Waals surface area contributed by atoms with E-state index in [0.29, 0.717) is 12.2 Å². The summed E-state index contributed by atoms with van der Waals surface area (Å²) in [5.74, 6) is 0.0247. The monoisotopic (exact) mass is 234 g/mol. The highest BCUT2D eigenvalue weighted by atomic mass is 16.2. The van der Waals surface area contributed by atoms with Crippen LogP contribution in [0, 0.1) is 0 Å². The van der Waals surface area contributed by atoms with E-state index in [1.54, 1.807) is 12.1 Å². The van der Waals surface area contributed by atoms with Crippen molar-refractivity contribution in [3.8, 4) is 0 Å². The fourth-order valence-corrected chi connectivity index (χ4v) is 1.84. The van der Waals surface area contributed by atoms with E-state index in [9.17, 15) is 4.79 Å². The highest BCUT2D eigenvalue weighted by Gasteiger charge is 2.13. The third-order valence-corrected chi connectivity index (χ3v) is 2.77. The number of benzene rings is 1. The van der Waals surface area contributed by atoms with Gasteiger partial charge >= 0.3 is 0 Å². The Morgan fingerprint density at radius 1 is 1.29 bits per heavy atom. The summed E-state index contributed by atoms with van der Waals surface area (Å²) >= 11 is 0. The molecule has 0 aliphatic carbocycles. The first-order valence-corrected chi connectivity index (χ1v) is 5.82. The second-order valence-corrected chi connectivity index (χ2v) is 4.20. The van der Waals surface area contributed by atoms with Crippen LogP contribution in [0.2, 0.25) is 0 Å². The topological polar surface area (TPSA) is 70.4 Å². The van der Waals surface area contributed by atoms with Gasteiger partial charge in [-0.15, -0.1) is 0 Å². The lowest BCUT2D eigenvalue weighted by atomic mass is 10.3. The van der Waals surface area contributed by atoms with E-state index in [0.717, 1.165) is 31.9 Å². The van der Waals surface area contributed by atoms with E-state index >= 15 is 0 Å². The Kier molecular flexibility index (Phi) is 3.95. The van der Waals surface area contributed by atoms with Crippen LogP contribution < -0.4 is 16.4 Å². The molecule has 0 saturated carbocycles. The lowest BCUT2D eigenvalue weighted by molar-refractivity contribution is -0.117. The van der Waals surface area contributed by atoms with Crippen molar-refractivity contribution in [2.75, 3.05) is 43.8 Å². The minimum Gasteiger partial charge on any atom is -0.399 e. The Bertz CT molecular complexity index is 371. The van der Waals surface area contributed by atoms with Gasteiger partial charge in [0.25, 0.3) is 0 Å². The summed E-state index contributed by atoms with van der Waals surface area (Å²) in [6.07, 6.45) is 0. The maximum atomic E-state index is 11.8. The summed E-state index contributed by atoms with van der Waals surface area (Å²) in [4.78, 5) is 13.9. The molecule has 1 amide bonds. The third kappa shape index (κ3) is 3.72. The van der Waals surface area contributed by atoms with Gasteiger partial charge in [0, 0.05) is 37.6 Å². The molecule has 1 saturated heterocycles. The van der Waals surface area contributed by atoms with Crippen LogP contribution in [0.5, 0.6) is 0 Å². The Morgan fingerprint density at radius 3 is 2.59 bits per heavy atom. The molecule has 1 fully saturated rings. The Balaban J connectivity index is 1.82. The zero-order valence-corrected chi connectivity index (χ0v) is 9.78. The predicted molar refractivity (Wildman–Crippen MR) is 68.8 cm³/mol. The molecule has 17 heavy (non-hydrogen) atoms. The Morgan fingerprint density at radius 2 is 1.94 bits per heavy atom. The zero-order chi connectivity index (χ0) is 12.1. The van der Waals surface area contributed by atoms with Crippen molar-refractivity contribution in [1.82, 2.24) is 10.2 Å². The third-order valence-electron chi connectivity index (χ3n) is 2.77. The summed E-state index contributed by atoms with van der Waals surface area (Å²) in [7, 11) is 0. The molecule has 2 rings (SSSR count). The van der Waals surface area contributed by atoms with Gasteiger partial charge < -0.3 is 16.4 Å². The maximum absolute atomic E-state index is 11.8. The molecule has 4 N–H and O–H groups in total. The second kappa shape index (κ2) is 5.65. The molecule has 1 aliphatic rings. The number of piperazine rings is 1. The summed E-state index contributed by atoms with van der Waals surface area (Å²) in [6, 6.07) is 7.18. The van der Waals surface area contributed by atoms with Crippen molar-refractivity contribution in [3.63, 3.8) is 0 Å². The van der Waals surface area contributed by atoms with Gasteiger partial charge in [0.1, 0.15) is 0 Å². The average molecular weight is 234 g/mol. The fourth-order valence-electron chi connectivity index (χ4n) is 1.84. The van der Waals surface area contributed by atoms with Crippen molar-refractivity contribution in [1.29, 1.82) is 0 Å². The van der Waals surface area contributed by atoms with Gasteiger partial charge in [-0.1, -0.05) is 0 Å². The first-order chi connectivity index (χ1) is 8.24. The molecule has 1 aromatic rings. The largest absolute Gasteiger partial charge is 0.399 e. The number of nitrogens with zero attached hydrogens (tertiary/aromatic N) is 1. The maximum Gasteiger partial charge on any atom is 0.238 e. The lowest BCUT2D eigenvalue weighted by Crippen LogP contribution is -2.46. The molecule has 0 spiro atoms. The smallest absolute Gasteiger partial charge is 0.238 e. The van der Waals surface area contributed by atoms with Crippen LogP contribution in [0.25, 0.3) is 0 Å². The quantitative estimate of drug-likeness (QED) is 0.649. The molecule has 0 unspecified atom stereocenters. The highest BCUT2D eigenvalue weighted by Crippen LogP contribution is 2.10. The number of amides is 1. The van der Waals surface area contributed by atoms with Crippen LogP contribution in [0.15, 0.2) is 24.3 Å². The highest BCUT2D eigenvalue weighted by molar-refractivity contribution is 5.92. The summed E-state index contributed by atoms with van der Waals surface area (Å²) < 4.78 is 0. The summed E-state index contributed by atoms with van der Waals surface area (Å²) in [5, 5.41) is 6.12. The minimum absolute atomic E-state index is 0.0247. The molecule has 1 aliphatic heterocycles. The van der Waals surface area contributed by atoms with E-state index in [1.165, 1.54) is 0 Å². The normalized spacial score (nSPS) is 16.7. The number of hydrogen-bond acceptors (Lipinski definition) is 4. The van der Waals surface area contributed by atoms with E-state index in [-0.39, 0.29) is 5.91 Å². The molecule has 1 aromatic carbocycles. The molecule has 5 nitrogen and oxygen atoms in total. The van der Waals surface area contributed by atoms with E-state index in [4.69, 9.17) is 5.73 Å². The molecular formula is C12H18N4O. The van der Waals surface area contributed by atoms with Gasteiger partial charge in [-0.25, -0.2) is 0 Å². The Labute approximate surface area is 101 Å². The SMILES string of the molecule is Nc1ccc(NC(=O)CN2CCNCC2)cc1. The van der Waals surface area contributed by atoms with Crippen molar-refractivity contribution in [2.24, 2.45) is 0 Å². The number of anilines is 2. The van der Waals surface area contributed by atoms with Crippen LogP contribution in [0.1, 0.15) is 0 Å². The molecular weight excluding hydrogens is 216 g/mol. The van der Waals surface area contributed by atoms with Crippen LogP contribution in [0.4, 0.5) is 11.4 Å². The van der Waals surface area contributed by atoms with Gasteiger partial charge in [-0.3, -0.25) is 9.69 Å². The van der Waals surface area contributed by atoms with Crippen LogP contribution in [-0.2, 0) is 4.79 Å². The van der Waals surface area contributed by atoms with E-state index in [1.807, 2.05) is 12.1 Å². The predicted octanol–water partition coefficient (Wildman–Crippen LogP) is 0.113. The summed E-state index contributed by atoms with van der Waals surface area (Å²) in [5.41, 5.74) is 7.07. The lowest BCUT2D eigenvalue weighted by Gasteiger charge is -2.26. The van der Waals surface area contributed by atoms with Crippen molar-refractivity contribution < 1.29 is 4.79 Å². The first kappa shape index (κ1) is 11.9. The number of nitrogen functional groups attached to an aromatic ring is 1. The van der Waals surface area contributed by atoms with Gasteiger partial charge in [-0.2, -0.15) is 0 Å². The number of nitrogens with two attached hydrogens (primary N) is 1. The molecule has 1 heterocycles. The number of nitrogens with one attached hydrogen (secondary N) is 2. The van der Waals surface area contributed by atoms with E-state index < -0.39 is 0 Å². The summed E-state index contributed by atoms with van der Waals surface area (Å²) in [6.45, 7) is 4.21. The molecule has 0 radical (unpaired) electrons. The van der Waals surface area contributed by atoms with Crippen molar-refractivity contribution in [3.05, 3.63) is 24.3 Å². The number of rotatable bonds is 3. The zero-order valence-electron chi connectivity index (χ0n) is 9.78. The number of carbonyl (C=O) groups excluding carboxylic acids is 1. The standard InChI is InChI=1S/C12H18N4O/c13-10-1-3-11(4-2-10)15-12(17)9-16-7-5-14-6-8-16/h1-4,14H,5-9,13H2,(H,15,17). The molecule has 0 atom stereocenters. The Hall–Kier alpha value is -1.59. The first-order valence-electron chi connectivity index (χ1n) is 5.82. The molecule has 92 valence electrons. The van der Waals surface area contributed by atoms with Crippen molar-refractivity contribution in [2.45, 2.75) is 0 Å². The number of carbonyl (C=O) groups is 1. The average Bonchev–Trinajstić information content (AvgIpc) is 2.33. The van der Waals surface area contributed by atoms with Crippen LogP contribution in [0.3, 0.4) is 0 Å². The fraction of sp³-hybridized carbons (Fsp3) is 0.417. The van der Waals surface area contributed by atoms with Gasteiger partial charge in [0.2, 0.25) is 5.91 Å². The second-order valence-electron chi connectivity index (χ2n) is 4.20. The van der Waals surface area contributed by atoms with Gasteiger partial charge in [0.05, 0.1) is 6.54 Å². The molecule has 0 aromatic heterocycles. The van der Waals surface area contributed by atoms with Crippen molar-refractivity contribution >= 4 is 17.3 Å². The van der Waals surface area contributed by atoms with Gasteiger partial charge in [-0.05, 0) is 24.3 Å². The molecule has 0 bridgehead atoms. The van der Waals surface area contributed by atoms with E-state index in [2.05, 4.69) is 15.5 Å². The van der Waals surface area contributed by atoms with Crippen LogP contribution >= 0.6 is 0 Å².